The summed E-state index contributed by atoms with van der Waals surface area (Å²) in [5, 5.41) is 22.5. The van der Waals surface area contributed by atoms with Crippen LogP contribution in [0.5, 0.6) is 0 Å². The summed E-state index contributed by atoms with van der Waals surface area (Å²) in [4.78, 5) is 44.0. The Bertz CT molecular complexity index is 940. The van der Waals surface area contributed by atoms with Crippen molar-refractivity contribution in [3.8, 4) is 0 Å². The fraction of sp³-hybridized carbons (Fsp3) is 0.692. The molecule has 1 fully saturated rings. The van der Waals surface area contributed by atoms with Crippen LogP contribution in [0.3, 0.4) is 0 Å². The molecule has 0 spiro atoms. The van der Waals surface area contributed by atoms with Crippen LogP contribution in [0, 0.1) is 0 Å². The third-order valence-corrected chi connectivity index (χ3v) is 8.98. The van der Waals surface area contributed by atoms with Crippen molar-refractivity contribution < 1.29 is 70.2 Å². The van der Waals surface area contributed by atoms with Crippen molar-refractivity contribution in [1.29, 1.82) is 0 Å². The molecule has 0 radical (unpaired) electrons. The Labute approximate surface area is 187 Å². The van der Waals surface area contributed by atoms with Gasteiger partial charge in [-0.25, -0.2) is 18.5 Å². The molecule has 17 nitrogen and oxygen atoms in total. The van der Waals surface area contributed by atoms with E-state index in [0.717, 1.165) is 4.90 Å². The monoisotopic (exact) mass is 540 g/mol. The minimum atomic E-state index is -5.33. The van der Waals surface area contributed by atoms with Crippen molar-refractivity contribution in [3.63, 3.8) is 0 Å². The zero-order valence-corrected chi connectivity index (χ0v) is 20.1. The first-order chi connectivity index (χ1) is 15.1. The number of nitrogens with zero attached hydrogens (tertiary/aromatic N) is 1. The van der Waals surface area contributed by atoms with Crippen LogP contribution in [0.25, 0.3) is 0 Å². The van der Waals surface area contributed by atoms with Crippen LogP contribution in [0.1, 0.15) is 0 Å². The zero-order valence-electron chi connectivity index (χ0n) is 17.4. The summed E-state index contributed by atoms with van der Waals surface area (Å²) in [6.45, 7) is -0.958. The summed E-state index contributed by atoms with van der Waals surface area (Å²) in [7, 11) is -12.6. The summed E-state index contributed by atoms with van der Waals surface area (Å²) >= 11 is 0. The van der Waals surface area contributed by atoms with Gasteiger partial charge in [0.15, 0.2) is 0 Å². The van der Waals surface area contributed by atoms with Gasteiger partial charge in [0.1, 0.15) is 24.4 Å². The molecule has 7 atom stereocenters. The lowest BCUT2D eigenvalue weighted by Gasteiger charge is -2.21. The van der Waals surface area contributed by atoms with Gasteiger partial charge in [-0.05, 0) is 0 Å². The lowest BCUT2D eigenvalue weighted by Crippen LogP contribution is -2.41. The number of hydrogen-bond donors (Lipinski definition) is 5. The Kier molecular flexibility index (Phi) is 9.15. The highest BCUT2D eigenvalue weighted by Crippen LogP contribution is 2.69. The second kappa shape index (κ2) is 10.7. The van der Waals surface area contributed by atoms with E-state index in [1.165, 1.54) is 13.1 Å². The van der Waals surface area contributed by atoms with Gasteiger partial charge in [-0.15, -0.1) is 0 Å². The normalized spacial score (nSPS) is 31.7. The molecule has 2 rings (SSSR count). The van der Waals surface area contributed by atoms with Gasteiger partial charge in [0.05, 0.1) is 6.61 Å². The van der Waals surface area contributed by atoms with Crippen molar-refractivity contribution in [2.45, 2.75) is 24.4 Å². The number of aliphatic hydroxyl groups excluding tert-OH is 2. The number of ether oxygens (including phenoxy) is 1. The van der Waals surface area contributed by atoms with Gasteiger partial charge < -0.3 is 29.6 Å². The number of imide groups is 1. The van der Waals surface area contributed by atoms with Gasteiger partial charge in [-0.1, -0.05) is 6.08 Å². The number of hydrogen-bond acceptors (Lipinski definition) is 13. The molecule has 0 bridgehead atoms. The molecule has 33 heavy (non-hydrogen) atoms. The topological polar surface area (TPSA) is 237 Å². The number of likely N-dealkylation sites (N-methyl/N-ethyl adjacent to an activating group) is 1. The lowest BCUT2D eigenvalue weighted by atomic mass is 10.0. The van der Waals surface area contributed by atoms with Crippen LogP contribution in [-0.2, 0) is 45.4 Å². The molecule has 190 valence electrons. The third kappa shape index (κ3) is 7.23. The zero-order chi connectivity index (χ0) is 25.2. The van der Waals surface area contributed by atoms with Crippen LogP contribution in [0.15, 0.2) is 11.6 Å². The van der Waals surface area contributed by atoms with Crippen LogP contribution in [-0.4, -0.2) is 95.7 Å². The maximum atomic E-state index is 12.2. The smallest absolute Gasteiger partial charge is 0.387 e. The molecule has 3 amide bonds. The van der Waals surface area contributed by atoms with Crippen molar-refractivity contribution in [2.24, 2.45) is 0 Å². The van der Waals surface area contributed by atoms with E-state index in [0.29, 0.717) is 14.2 Å². The molecule has 20 heteroatoms. The highest BCUT2D eigenvalue weighted by atomic mass is 31.3. The molecule has 5 N–H and O–H groups in total. The SMILES string of the molecule is COP(=O)(O)OP(=O)(OC)OP(=O)(O)OCC1OC(C2=CCN(C)C(=O)NC2=O)C(O)C1O. The van der Waals surface area contributed by atoms with Gasteiger partial charge in [0.2, 0.25) is 0 Å². The molecule has 0 aliphatic carbocycles. The number of nitrogens with one attached hydrogen (secondary N) is 1. The van der Waals surface area contributed by atoms with Crippen molar-refractivity contribution in [2.75, 3.05) is 34.4 Å². The Morgan fingerprint density at radius 2 is 1.70 bits per heavy atom. The minimum absolute atomic E-state index is 0.0150. The highest BCUT2D eigenvalue weighted by Gasteiger charge is 2.48. The average molecular weight is 540 g/mol. The number of rotatable bonds is 10. The van der Waals surface area contributed by atoms with E-state index in [1.54, 1.807) is 0 Å². The van der Waals surface area contributed by atoms with Crippen LogP contribution in [0.2, 0.25) is 0 Å². The first-order valence-electron chi connectivity index (χ1n) is 8.86. The van der Waals surface area contributed by atoms with Crippen LogP contribution < -0.4 is 5.32 Å². The van der Waals surface area contributed by atoms with Crippen molar-refractivity contribution in [1.82, 2.24) is 10.2 Å². The maximum Gasteiger partial charge on any atom is 0.492 e. The summed E-state index contributed by atoms with van der Waals surface area (Å²) in [6.07, 6.45) is -5.05. The number of urea groups is 1. The van der Waals surface area contributed by atoms with Crippen LogP contribution in [0.4, 0.5) is 4.79 Å². The minimum Gasteiger partial charge on any atom is -0.387 e. The molecule has 2 aliphatic rings. The molecule has 2 heterocycles. The summed E-state index contributed by atoms with van der Waals surface area (Å²) in [5.74, 6) is -0.886. The van der Waals surface area contributed by atoms with Crippen molar-refractivity contribution in [3.05, 3.63) is 11.6 Å². The van der Waals surface area contributed by atoms with E-state index in [-0.39, 0.29) is 12.1 Å². The first kappa shape index (κ1) is 28.2. The second-order valence-electron chi connectivity index (χ2n) is 6.58. The first-order valence-corrected chi connectivity index (χ1v) is 13.3. The summed E-state index contributed by atoms with van der Waals surface area (Å²) in [5.41, 5.74) is -0.180. The molecule has 0 aromatic heterocycles. The van der Waals surface area contributed by atoms with E-state index in [4.69, 9.17) is 4.74 Å². The van der Waals surface area contributed by atoms with E-state index < -0.39 is 66.4 Å². The molecule has 0 saturated carbocycles. The number of aliphatic hydroxyl groups is 2. The summed E-state index contributed by atoms with van der Waals surface area (Å²) in [6, 6.07) is -0.705. The Hall–Kier alpha value is -1.03. The standard InChI is InChI=1S/C13H23N2O15P3/c1-15-5-4-7(12(18)14-13(15)19)11-10(17)9(16)8(28-11)6-27-32(22,23)30-33(24,26-3)29-31(20,21)25-2/h4,8-11,16-17H,5-6H2,1-3H3,(H,20,21)(H,22,23)(H,14,18,19). The third-order valence-electron chi connectivity index (χ3n) is 4.35. The quantitative estimate of drug-likeness (QED) is 0.214. The number of phosphoric acid groups is 3. The molecule has 7 unspecified atom stereocenters. The van der Waals surface area contributed by atoms with E-state index in [1.807, 2.05) is 5.32 Å². The maximum absolute atomic E-state index is 12.2. The van der Waals surface area contributed by atoms with Gasteiger partial charge in [-0.2, -0.15) is 8.62 Å². The predicted molar refractivity (Wildman–Crippen MR) is 104 cm³/mol. The number of carbonyl (C=O) groups excluding carboxylic acids is 2. The van der Waals surface area contributed by atoms with Crippen LogP contribution >= 0.6 is 23.5 Å². The molecule has 0 aromatic rings. The van der Waals surface area contributed by atoms with Gasteiger partial charge >= 0.3 is 29.5 Å². The predicted octanol–water partition coefficient (Wildman–Crippen LogP) is -0.765. The average Bonchev–Trinajstić information content (AvgIpc) is 2.92. The largest absolute Gasteiger partial charge is 0.492 e. The van der Waals surface area contributed by atoms with Gasteiger partial charge in [0.25, 0.3) is 5.91 Å². The number of amides is 3. The number of phosphoric ester groups is 2. The fourth-order valence-electron chi connectivity index (χ4n) is 2.62. The second-order valence-corrected chi connectivity index (χ2v) is 11.6. The molecular weight excluding hydrogens is 517 g/mol. The lowest BCUT2D eigenvalue weighted by molar-refractivity contribution is -0.118. The van der Waals surface area contributed by atoms with Crippen molar-refractivity contribution >= 4 is 35.4 Å². The molecule has 2 aliphatic heterocycles. The Balaban J connectivity index is 2.07. The van der Waals surface area contributed by atoms with E-state index in [9.17, 15) is 43.3 Å². The molecule has 1 saturated heterocycles. The van der Waals surface area contributed by atoms with E-state index in [2.05, 4.69) is 22.2 Å². The Morgan fingerprint density at radius 3 is 2.27 bits per heavy atom. The highest BCUT2D eigenvalue weighted by molar-refractivity contribution is 7.67. The number of carbonyl (C=O) groups is 2. The molecule has 0 aromatic carbocycles. The Morgan fingerprint density at radius 1 is 1.09 bits per heavy atom. The van der Waals surface area contributed by atoms with Gasteiger partial charge in [-0.3, -0.25) is 23.7 Å². The van der Waals surface area contributed by atoms with Gasteiger partial charge in [0, 0.05) is 33.4 Å². The van der Waals surface area contributed by atoms with E-state index >= 15 is 0 Å². The summed E-state index contributed by atoms with van der Waals surface area (Å²) < 4.78 is 62.2. The molecular formula is C13H23N2O15P3. The fourth-order valence-corrected chi connectivity index (χ4v) is 6.36.